The van der Waals surface area contributed by atoms with Crippen molar-refractivity contribution in [2.75, 3.05) is 11.9 Å². The molecule has 0 bridgehead atoms. The van der Waals surface area contributed by atoms with Gasteiger partial charge in [0.1, 0.15) is 5.82 Å². The van der Waals surface area contributed by atoms with Crippen molar-refractivity contribution in [3.63, 3.8) is 0 Å². The minimum atomic E-state index is 0.184. The van der Waals surface area contributed by atoms with Crippen molar-refractivity contribution in [1.29, 1.82) is 0 Å². The molecule has 1 aromatic heterocycles. The number of hydrogen-bond acceptors (Lipinski definition) is 3. The van der Waals surface area contributed by atoms with Gasteiger partial charge >= 0.3 is 0 Å². The molecule has 1 aliphatic heterocycles. The van der Waals surface area contributed by atoms with E-state index in [1.165, 1.54) is 0 Å². The summed E-state index contributed by atoms with van der Waals surface area (Å²) in [6.45, 7) is 2.87. The molecule has 0 fully saturated rings. The third kappa shape index (κ3) is 2.55. The molecule has 1 atom stereocenters. The summed E-state index contributed by atoms with van der Waals surface area (Å²) in [5.41, 5.74) is 2.67. The zero-order valence-electron chi connectivity index (χ0n) is 12.7. The number of benzene rings is 2. The van der Waals surface area contributed by atoms with Crippen LogP contribution in [0.4, 0.5) is 5.69 Å². The smallest absolute Gasteiger partial charge is 0.170 e. The van der Waals surface area contributed by atoms with Crippen LogP contribution in [0.1, 0.15) is 18.7 Å². The van der Waals surface area contributed by atoms with Crippen molar-refractivity contribution in [1.82, 2.24) is 14.8 Å². The van der Waals surface area contributed by atoms with Gasteiger partial charge in [0.15, 0.2) is 5.82 Å². The maximum atomic E-state index is 6.39. The number of nitrogens with one attached hydrogen (secondary N) is 1. The standard InChI is InChI=1S/C17H13Cl3N4/c1-9-8-21-14-5-3-11(19)7-15(14)24-16(9)22-23-17(24)12-4-2-10(18)6-13(12)20/h2-7,9,21H,8H2,1H3/t9-/m1/s1. The monoisotopic (exact) mass is 378 g/mol. The van der Waals surface area contributed by atoms with Crippen molar-refractivity contribution in [3.05, 3.63) is 57.3 Å². The number of rotatable bonds is 1. The Morgan fingerprint density at radius 1 is 1.04 bits per heavy atom. The van der Waals surface area contributed by atoms with E-state index in [2.05, 4.69) is 22.4 Å². The van der Waals surface area contributed by atoms with Crippen LogP contribution in [0.2, 0.25) is 15.1 Å². The molecule has 0 aliphatic carbocycles. The number of aromatic nitrogens is 3. The summed E-state index contributed by atoms with van der Waals surface area (Å²) in [4.78, 5) is 0. The summed E-state index contributed by atoms with van der Waals surface area (Å²) < 4.78 is 2.01. The highest BCUT2D eigenvalue weighted by molar-refractivity contribution is 6.36. The van der Waals surface area contributed by atoms with Gasteiger partial charge in [-0.1, -0.05) is 41.7 Å². The molecular formula is C17H13Cl3N4. The average Bonchev–Trinajstić information content (AvgIpc) is 2.92. The van der Waals surface area contributed by atoms with Gasteiger partial charge in [0.05, 0.1) is 16.4 Å². The van der Waals surface area contributed by atoms with Gasteiger partial charge in [0.2, 0.25) is 0 Å². The summed E-state index contributed by atoms with van der Waals surface area (Å²) >= 11 is 18.6. The SMILES string of the molecule is C[C@@H]1CNc2ccc(Cl)cc2-n2c(-c3ccc(Cl)cc3Cl)nnc21. The van der Waals surface area contributed by atoms with Crippen LogP contribution in [-0.4, -0.2) is 21.3 Å². The summed E-state index contributed by atoms with van der Waals surface area (Å²) in [5, 5.41) is 14.0. The Labute approximate surface area is 154 Å². The second kappa shape index (κ2) is 5.96. The summed E-state index contributed by atoms with van der Waals surface area (Å²) in [5.74, 6) is 1.72. The van der Waals surface area contributed by atoms with E-state index in [-0.39, 0.29) is 5.92 Å². The van der Waals surface area contributed by atoms with Crippen LogP contribution in [0.5, 0.6) is 0 Å². The lowest BCUT2D eigenvalue weighted by Gasteiger charge is -2.13. The average molecular weight is 380 g/mol. The molecule has 122 valence electrons. The van der Waals surface area contributed by atoms with E-state index in [4.69, 9.17) is 34.8 Å². The molecule has 2 aromatic carbocycles. The highest BCUT2D eigenvalue weighted by Gasteiger charge is 2.26. The summed E-state index contributed by atoms with van der Waals surface area (Å²) in [6, 6.07) is 11.1. The Bertz CT molecular complexity index is 936. The van der Waals surface area contributed by atoms with Crippen LogP contribution < -0.4 is 5.32 Å². The second-order valence-electron chi connectivity index (χ2n) is 5.78. The third-order valence-electron chi connectivity index (χ3n) is 4.10. The fourth-order valence-corrected chi connectivity index (χ4v) is 3.55. The van der Waals surface area contributed by atoms with E-state index in [0.717, 1.165) is 29.3 Å². The molecule has 24 heavy (non-hydrogen) atoms. The number of nitrogens with zero attached hydrogens (tertiary/aromatic N) is 3. The van der Waals surface area contributed by atoms with Gasteiger partial charge in [0, 0.05) is 28.1 Å². The van der Waals surface area contributed by atoms with Crippen molar-refractivity contribution in [2.45, 2.75) is 12.8 Å². The Hall–Kier alpha value is -1.75. The van der Waals surface area contributed by atoms with Gasteiger partial charge in [-0.2, -0.15) is 0 Å². The van der Waals surface area contributed by atoms with Crippen molar-refractivity contribution < 1.29 is 0 Å². The minimum absolute atomic E-state index is 0.184. The molecule has 0 spiro atoms. The molecule has 0 saturated carbocycles. The largest absolute Gasteiger partial charge is 0.383 e. The van der Waals surface area contributed by atoms with Crippen LogP contribution >= 0.6 is 34.8 Å². The summed E-state index contributed by atoms with van der Waals surface area (Å²) in [6.07, 6.45) is 0. The van der Waals surface area contributed by atoms with E-state index in [9.17, 15) is 0 Å². The highest BCUT2D eigenvalue weighted by Crippen LogP contribution is 2.37. The topological polar surface area (TPSA) is 42.7 Å². The molecular weight excluding hydrogens is 367 g/mol. The number of fused-ring (bicyclic) bond motifs is 3. The summed E-state index contributed by atoms with van der Waals surface area (Å²) in [7, 11) is 0. The van der Waals surface area contributed by atoms with E-state index < -0.39 is 0 Å². The quantitative estimate of drug-likeness (QED) is 0.613. The zero-order chi connectivity index (χ0) is 16.8. The van der Waals surface area contributed by atoms with Crippen LogP contribution in [0.3, 0.4) is 0 Å². The second-order valence-corrected chi connectivity index (χ2v) is 7.06. The van der Waals surface area contributed by atoms with E-state index in [1.54, 1.807) is 12.1 Å². The lowest BCUT2D eigenvalue weighted by Crippen LogP contribution is -2.09. The Morgan fingerprint density at radius 2 is 1.79 bits per heavy atom. The molecule has 2 heterocycles. The highest BCUT2D eigenvalue weighted by atomic mass is 35.5. The minimum Gasteiger partial charge on any atom is -0.383 e. The van der Waals surface area contributed by atoms with Crippen LogP contribution in [-0.2, 0) is 0 Å². The Kier molecular flexibility index (Phi) is 3.91. The van der Waals surface area contributed by atoms with Crippen LogP contribution in [0.25, 0.3) is 17.1 Å². The van der Waals surface area contributed by atoms with Gasteiger partial charge < -0.3 is 5.32 Å². The molecule has 4 nitrogen and oxygen atoms in total. The Balaban J connectivity index is 2.01. The fraction of sp³-hybridized carbons (Fsp3) is 0.176. The molecule has 0 amide bonds. The third-order valence-corrected chi connectivity index (χ3v) is 4.88. The first-order chi connectivity index (χ1) is 11.5. The molecule has 1 aliphatic rings. The van der Waals surface area contributed by atoms with E-state index in [0.29, 0.717) is 20.9 Å². The first-order valence-corrected chi connectivity index (χ1v) is 8.62. The van der Waals surface area contributed by atoms with Gasteiger partial charge in [-0.3, -0.25) is 4.57 Å². The molecule has 1 N–H and O–H groups in total. The molecule has 7 heteroatoms. The van der Waals surface area contributed by atoms with Gasteiger partial charge in [0.25, 0.3) is 0 Å². The normalized spacial score (nSPS) is 16.1. The van der Waals surface area contributed by atoms with E-state index in [1.807, 2.05) is 28.8 Å². The fourth-order valence-electron chi connectivity index (χ4n) is 2.89. The zero-order valence-corrected chi connectivity index (χ0v) is 15.0. The van der Waals surface area contributed by atoms with Crippen LogP contribution in [0.15, 0.2) is 36.4 Å². The number of anilines is 1. The molecule has 0 saturated heterocycles. The van der Waals surface area contributed by atoms with Crippen molar-refractivity contribution in [3.8, 4) is 17.1 Å². The van der Waals surface area contributed by atoms with Gasteiger partial charge in [-0.05, 0) is 36.4 Å². The lowest BCUT2D eigenvalue weighted by atomic mass is 10.1. The number of halogens is 3. The van der Waals surface area contributed by atoms with Gasteiger partial charge in [-0.25, -0.2) is 0 Å². The predicted octanol–water partition coefficient (Wildman–Crippen LogP) is 5.42. The maximum absolute atomic E-state index is 6.39. The maximum Gasteiger partial charge on any atom is 0.170 e. The Morgan fingerprint density at radius 3 is 2.58 bits per heavy atom. The predicted molar refractivity (Wildman–Crippen MR) is 98.7 cm³/mol. The first kappa shape index (κ1) is 15.8. The van der Waals surface area contributed by atoms with Crippen molar-refractivity contribution in [2.24, 2.45) is 0 Å². The number of hydrogen-bond donors (Lipinski definition) is 1. The van der Waals surface area contributed by atoms with Gasteiger partial charge in [-0.15, -0.1) is 10.2 Å². The molecule has 4 rings (SSSR count). The van der Waals surface area contributed by atoms with E-state index >= 15 is 0 Å². The lowest BCUT2D eigenvalue weighted by molar-refractivity contribution is 0.725. The molecule has 3 aromatic rings. The first-order valence-electron chi connectivity index (χ1n) is 7.49. The molecule has 0 radical (unpaired) electrons. The molecule has 0 unspecified atom stereocenters. The van der Waals surface area contributed by atoms with Crippen LogP contribution in [0, 0.1) is 0 Å². The van der Waals surface area contributed by atoms with Crippen molar-refractivity contribution >= 4 is 40.5 Å².